The van der Waals surface area contributed by atoms with Gasteiger partial charge in [-0.2, -0.15) is 0 Å². The Hall–Kier alpha value is -0.550. The van der Waals surface area contributed by atoms with Crippen molar-refractivity contribution >= 4 is 41.5 Å². The zero-order valence-electron chi connectivity index (χ0n) is 12.2. The Labute approximate surface area is 146 Å². The van der Waals surface area contributed by atoms with E-state index in [2.05, 4.69) is 5.32 Å². The lowest BCUT2D eigenvalue weighted by molar-refractivity contribution is -0.122. The molecule has 3 atom stereocenters. The number of halogens is 4. The van der Waals surface area contributed by atoms with E-state index < -0.39 is 11.9 Å². The van der Waals surface area contributed by atoms with Crippen molar-refractivity contribution in [3.63, 3.8) is 0 Å². The molecule has 0 aliphatic heterocycles. The van der Waals surface area contributed by atoms with Gasteiger partial charge in [-0.15, -0.1) is 12.4 Å². The predicted octanol–water partition coefficient (Wildman–Crippen LogP) is 4.25. The standard InChI is InChI=1S/C15H19Cl2FN2O.ClH/c1-8(14-10(16)5-6-11(18)15(14)17)20-13(21)7-9-3-2-4-12(9)19;/h5-6,8-9,12H,2-4,7,19H2,1H3,(H,20,21);1H/t8?,9-,12+;/m0./s1. The molecule has 1 saturated carbocycles. The Balaban J connectivity index is 0.00000242. The number of hydrogen-bond acceptors (Lipinski definition) is 2. The van der Waals surface area contributed by atoms with Gasteiger partial charge in [0.1, 0.15) is 5.82 Å². The van der Waals surface area contributed by atoms with E-state index in [1.807, 2.05) is 0 Å². The van der Waals surface area contributed by atoms with Gasteiger partial charge in [0.25, 0.3) is 0 Å². The predicted molar refractivity (Wildman–Crippen MR) is 90.2 cm³/mol. The Morgan fingerprint density at radius 3 is 2.73 bits per heavy atom. The Kier molecular flexibility index (Phi) is 7.39. The summed E-state index contributed by atoms with van der Waals surface area (Å²) in [6.45, 7) is 1.74. The van der Waals surface area contributed by atoms with E-state index in [4.69, 9.17) is 28.9 Å². The van der Waals surface area contributed by atoms with E-state index >= 15 is 0 Å². The molecule has 1 unspecified atom stereocenters. The van der Waals surface area contributed by atoms with Crippen molar-refractivity contribution in [1.29, 1.82) is 0 Å². The molecule has 0 bridgehead atoms. The Morgan fingerprint density at radius 1 is 1.45 bits per heavy atom. The molecule has 1 aliphatic rings. The molecule has 3 nitrogen and oxygen atoms in total. The summed E-state index contributed by atoms with van der Waals surface area (Å²) in [5.74, 6) is -0.438. The highest BCUT2D eigenvalue weighted by Gasteiger charge is 2.27. The molecule has 1 fully saturated rings. The minimum atomic E-state index is -0.546. The number of amides is 1. The lowest BCUT2D eigenvalue weighted by Gasteiger charge is -2.20. The fourth-order valence-electron chi connectivity index (χ4n) is 2.87. The number of hydrogen-bond donors (Lipinski definition) is 2. The molecule has 0 radical (unpaired) electrons. The topological polar surface area (TPSA) is 55.1 Å². The smallest absolute Gasteiger partial charge is 0.220 e. The van der Waals surface area contributed by atoms with Crippen molar-refractivity contribution in [2.75, 3.05) is 0 Å². The van der Waals surface area contributed by atoms with Crippen LogP contribution in [-0.2, 0) is 4.79 Å². The van der Waals surface area contributed by atoms with Crippen LogP contribution in [0, 0.1) is 11.7 Å². The van der Waals surface area contributed by atoms with E-state index in [0.717, 1.165) is 19.3 Å². The fraction of sp³-hybridized carbons (Fsp3) is 0.533. The largest absolute Gasteiger partial charge is 0.349 e. The lowest BCUT2D eigenvalue weighted by Crippen LogP contribution is -2.33. The number of benzene rings is 1. The van der Waals surface area contributed by atoms with Gasteiger partial charge in [-0.1, -0.05) is 29.6 Å². The van der Waals surface area contributed by atoms with Gasteiger partial charge >= 0.3 is 0 Å². The fourth-order valence-corrected chi connectivity index (χ4v) is 3.57. The normalized spacial score (nSPS) is 22.0. The highest BCUT2D eigenvalue weighted by atomic mass is 35.5. The quantitative estimate of drug-likeness (QED) is 0.780. The van der Waals surface area contributed by atoms with Gasteiger partial charge in [-0.25, -0.2) is 4.39 Å². The van der Waals surface area contributed by atoms with Gasteiger partial charge in [-0.05, 0) is 37.8 Å². The van der Waals surface area contributed by atoms with Crippen LogP contribution in [0.25, 0.3) is 0 Å². The maximum Gasteiger partial charge on any atom is 0.220 e. The van der Waals surface area contributed by atoms with Crippen molar-refractivity contribution in [2.45, 2.75) is 44.7 Å². The maximum absolute atomic E-state index is 13.5. The van der Waals surface area contributed by atoms with Gasteiger partial charge in [0.2, 0.25) is 5.91 Å². The van der Waals surface area contributed by atoms with E-state index in [0.29, 0.717) is 17.0 Å². The summed E-state index contributed by atoms with van der Waals surface area (Å²) in [6, 6.07) is 2.28. The summed E-state index contributed by atoms with van der Waals surface area (Å²) >= 11 is 12.0. The van der Waals surface area contributed by atoms with E-state index in [1.165, 1.54) is 12.1 Å². The number of nitrogens with one attached hydrogen (secondary N) is 1. The molecule has 7 heteroatoms. The van der Waals surface area contributed by atoms with Crippen molar-refractivity contribution in [1.82, 2.24) is 5.32 Å². The average molecular weight is 370 g/mol. The van der Waals surface area contributed by atoms with Crippen molar-refractivity contribution in [3.8, 4) is 0 Å². The monoisotopic (exact) mass is 368 g/mol. The summed E-state index contributed by atoms with van der Waals surface area (Å²) in [4.78, 5) is 12.1. The maximum atomic E-state index is 13.5. The Morgan fingerprint density at radius 2 is 2.14 bits per heavy atom. The second-order valence-electron chi connectivity index (χ2n) is 5.61. The molecule has 1 amide bonds. The number of rotatable bonds is 4. The van der Waals surface area contributed by atoms with Gasteiger partial charge in [-0.3, -0.25) is 4.79 Å². The minimum absolute atomic E-state index is 0. The third-order valence-electron chi connectivity index (χ3n) is 4.06. The number of carbonyl (C=O) groups is 1. The highest BCUT2D eigenvalue weighted by molar-refractivity contribution is 6.36. The number of nitrogens with two attached hydrogens (primary N) is 1. The SMILES string of the molecule is CC(NC(=O)C[C@@H]1CCC[C@H]1N)c1c(Cl)ccc(F)c1Cl.Cl. The zero-order valence-corrected chi connectivity index (χ0v) is 14.6. The average Bonchev–Trinajstić information content (AvgIpc) is 2.80. The van der Waals surface area contributed by atoms with Crippen LogP contribution < -0.4 is 11.1 Å². The van der Waals surface area contributed by atoms with E-state index in [1.54, 1.807) is 6.92 Å². The molecule has 3 N–H and O–H groups in total. The lowest BCUT2D eigenvalue weighted by atomic mass is 9.99. The third kappa shape index (κ3) is 4.48. The first kappa shape index (κ1) is 19.5. The molecule has 0 spiro atoms. The second-order valence-corrected chi connectivity index (χ2v) is 6.39. The van der Waals surface area contributed by atoms with Crippen LogP contribution >= 0.6 is 35.6 Å². The van der Waals surface area contributed by atoms with Crippen LogP contribution in [0.1, 0.15) is 44.2 Å². The molecule has 124 valence electrons. The molecule has 1 aliphatic carbocycles. The summed E-state index contributed by atoms with van der Waals surface area (Å²) in [6.07, 6.45) is 3.39. The molecule has 1 aromatic rings. The first-order valence-corrected chi connectivity index (χ1v) is 7.84. The van der Waals surface area contributed by atoms with Crippen molar-refractivity contribution in [3.05, 3.63) is 33.6 Å². The van der Waals surface area contributed by atoms with Crippen molar-refractivity contribution < 1.29 is 9.18 Å². The first-order valence-electron chi connectivity index (χ1n) is 7.08. The highest BCUT2D eigenvalue weighted by Crippen LogP contribution is 2.33. The molecule has 0 aromatic heterocycles. The Bertz CT molecular complexity index is 542. The molecule has 2 rings (SSSR count). The van der Waals surface area contributed by atoms with Crippen LogP contribution in [-0.4, -0.2) is 11.9 Å². The third-order valence-corrected chi connectivity index (χ3v) is 4.77. The van der Waals surface area contributed by atoms with Crippen LogP contribution in [0.15, 0.2) is 12.1 Å². The van der Waals surface area contributed by atoms with Gasteiger partial charge in [0, 0.05) is 23.0 Å². The summed E-state index contributed by atoms with van der Waals surface area (Å²) in [7, 11) is 0. The van der Waals surface area contributed by atoms with E-state index in [9.17, 15) is 9.18 Å². The van der Waals surface area contributed by atoms with E-state index in [-0.39, 0.29) is 35.3 Å². The molecular formula is C15H20Cl3FN2O. The van der Waals surface area contributed by atoms with Crippen LogP contribution in [0.3, 0.4) is 0 Å². The molecule has 22 heavy (non-hydrogen) atoms. The van der Waals surface area contributed by atoms with Crippen LogP contribution in [0.5, 0.6) is 0 Å². The van der Waals surface area contributed by atoms with Gasteiger partial charge < -0.3 is 11.1 Å². The zero-order chi connectivity index (χ0) is 15.6. The molecule has 1 aromatic carbocycles. The summed E-state index contributed by atoms with van der Waals surface area (Å²) < 4.78 is 13.5. The summed E-state index contributed by atoms with van der Waals surface area (Å²) in [5.41, 5.74) is 6.37. The first-order chi connectivity index (χ1) is 9.90. The van der Waals surface area contributed by atoms with Crippen LogP contribution in [0.2, 0.25) is 10.0 Å². The summed E-state index contributed by atoms with van der Waals surface area (Å²) in [5, 5.41) is 3.11. The van der Waals surface area contributed by atoms with Gasteiger partial charge in [0.15, 0.2) is 0 Å². The van der Waals surface area contributed by atoms with Gasteiger partial charge in [0.05, 0.1) is 11.1 Å². The number of carbonyl (C=O) groups excluding carboxylic acids is 1. The molecular weight excluding hydrogens is 350 g/mol. The molecule has 0 saturated heterocycles. The second kappa shape index (κ2) is 8.34. The van der Waals surface area contributed by atoms with Crippen molar-refractivity contribution in [2.24, 2.45) is 11.7 Å². The molecule has 0 heterocycles. The minimum Gasteiger partial charge on any atom is -0.349 e. The van der Waals surface area contributed by atoms with Crippen LogP contribution in [0.4, 0.5) is 4.39 Å².